The molecule has 0 aromatic carbocycles. The van der Waals surface area contributed by atoms with Gasteiger partial charge in [0.05, 0.1) is 0 Å². The minimum atomic E-state index is 0.838. The van der Waals surface area contributed by atoms with Gasteiger partial charge in [-0.3, -0.25) is 0 Å². The van der Waals surface area contributed by atoms with Crippen LogP contribution in [0.25, 0.3) is 0 Å². The highest BCUT2D eigenvalue weighted by molar-refractivity contribution is 4.74. The standard InChI is InChI=1S/C8H17N.3C2H6/c1-7(2)6-8-4-3-5-9-8;3*1-2/h7-9H,3-6H2,1-2H3;3*1-2H3. The maximum Gasteiger partial charge on any atom is 0.00699 e. The van der Waals surface area contributed by atoms with Crippen molar-refractivity contribution in [3.05, 3.63) is 0 Å². The third kappa shape index (κ3) is 16.6. The van der Waals surface area contributed by atoms with Gasteiger partial charge in [-0.2, -0.15) is 0 Å². The molecule has 0 radical (unpaired) electrons. The molecule has 1 N–H and O–H groups in total. The van der Waals surface area contributed by atoms with Crippen molar-refractivity contribution in [3.8, 4) is 0 Å². The molecule has 0 aliphatic carbocycles. The normalized spacial score (nSPS) is 17.8. The van der Waals surface area contributed by atoms with Gasteiger partial charge in [-0.1, -0.05) is 55.4 Å². The summed E-state index contributed by atoms with van der Waals surface area (Å²) >= 11 is 0. The van der Waals surface area contributed by atoms with Gasteiger partial charge in [-0.15, -0.1) is 0 Å². The van der Waals surface area contributed by atoms with Crippen molar-refractivity contribution in [1.82, 2.24) is 5.32 Å². The molecule has 96 valence electrons. The summed E-state index contributed by atoms with van der Waals surface area (Å²) in [5.41, 5.74) is 0. The van der Waals surface area contributed by atoms with Crippen molar-refractivity contribution in [2.75, 3.05) is 6.54 Å². The average molecular weight is 217 g/mol. The summed E-state index contributed by atoms with van der Waals surface area (Å²) in [4.78, 5) is 0. The van der Waals surface area contributed by atoms with Crippen LogP contribution in [0.3, 0.4) is 0 Å². The number of hydrogen-bond acceptors (Lipinski definition) is 1. The first-order valence-electron chi connectivity index (χ1n) is 7.02. The molecular weight excluding hydrogens is 182 g/mol. The van der Waals surface area contributed by atoms with Gasteiger partial charge in [0, 0.05) is 6.04 Å². The summed E-state index contributed by atoms with van der Waals surface area (Å²) in [6.45, 7) is 17.8. The maximum absolute atomic E-state index is 3.49. The Morgan fingerprint density at radius 3 is 1.73 bits per heavy atom. The van der Waals surface area contributed by atoms with Gasteiger partial charge in [0.25, 0.3) is 0 Å². The van der Waals surface area contributed by atoms with E-state index >= 15 is 0 Å². The highest BCUT2D eigenvalue weighted by Crippen LogP contribution is 2.13. The topological polar surface area (TPSA) is 12.0 Å². The minimum absolute atomic E-state index is 0.838. The van der Waals surface area contributed by atoms with E-state index in [0.29, 0.717) is 0 Å². The van der Waals surface area contributed by atoms with Crippen molar-refractivity contribution >= 4 is 0 Å². The highest BCUT2D eigenvalue weighted by atomic mass is 14.9. The predicted octanol–water partition coefficient (Wildman–Crippen LogP) is 4.86. The zero-order valence-electron chi connectivity index (χ0n) is 12.5. The maximum atomic E-state index is 3.49. The Balaban J connectivity index is -0.000000208. The Morgan fingerprint density at radius 1 is 1.00 bits per heavy atom. The first-order valence-corrected chi connectivity index (χ1v) is 7.02. The first kappa shape index (κ1) is 20.4. The van der Waals surface area contributed by atoms with E-state index in [9.17, 15) is 0 Å². The van der Waals surface area contributed by atoms with Crippen molar-refractivity contribution in [2.45, 2.75) is 80.7 Å². The van der Waals surface area contributed by atoms with E-state index in [1.54, 1.807) is 0 Å². The Morgan fingerprint density at radius 2 is 1.47 bits per heavy atom. The molecule has 0 aromatic rings. The van der Waals surface area contributed by atoms with Crippen LogP contribution in [-0.2, 0) is 0 Å². The number of nitrogens with one attached hydrogen (secondary N) is 1. The summed E-state index contributed by atoms with van der Waals surface area (Å²) < 4.78 is 0. The molecule has 0 amide bonds. The van der Waals surface area contributed by atoms with E-state index in [0.717, 1.165) is 12.0 Å². The van der Waals surface area contributed by atoms with E-state index in [4.69, 9.17) is 0 Å². The van der Waals surface area contributed by atoms with E-state index in [1.165, 1.54) is 25.8 Å². The van der Waals surface area contributed by atoms with Gasteiger partial charge in [-0.05, 0) is 31.7 Å². The highest BCUT2D eigenvalue weighted by Gasteiger charge is 2.14. The SMILES string of the molecule is CC.CC.CC.CC(C)CC1CCCN1. The molecule has 1 heterocycles. The van der Waals surface area contributed by atoms with Crippen LogP contribution in [0, 0.1) is 5.92 Å². The molecule has 1 rings (SSSR count). The van der Waals surface area contributed by atoms with Gasteiger partial charge >= 0.3 is 0 Å². The lowest BCUT2D eigenvalue weighted by atomic mass is 10.0. The molecular formula is C14H35N. The van der Waals surface area contributed by atoms with E-state index in [2.05, 4.69) is 19.2 Å². The molecule has 1 saturated heterocycles. The summed E-state index contributed by atoms with van der Waals surface area (Å²) in [6.07, 6.45) is 4.15. The lowest BCUT2D eigenvalue weighted by Crippen LogP contribution is -2.22. The van der Waals surface area contributed by atoms with Crippen molar-refractivity contribution in [3.63, 3.8) is 0 Å². The average Bonchev–Trinajstić information content (AvgIpc) is 2.78. The second-order valence-corrected chi connectivity index (χ2v) is 3.42. The molecule has 1 nitrogen and oxygen atoms in total. The molecule has 0 aromatic heterocycles. The van der Waals surface area contributed by atoms with Crippen LogP contribution >= 0.6 is 0 Å². The van der Waals surface area contributed by atoms with Crippen LogP contribution in [-0.4, -0.2) is 12.6 Å². The monoisotopic (exact) mass is 217 g/mol. The molecule has 15 heavy (non-hydrogen) atoms. The third-order valence-electron chi connectivity index (χ3n) is 1.92. The van der Waals surface area contributed by atoms with Crippen LogP contribution in [0.2, 0.25) is 0 Å². The summed E-state index contributed by atoms with van der Waals surface area (Å²) in [7, 11) is 0. The molecule has 0 bridgehead atoms. The molecule has 0 spiro atoms. The zero-order chi connectivity index (χ0) is 12.7. The van der Waals surface area contributed by atoms with Gasteiger partial charge < -0.3 is 5.32 Å². The summed E-state index contributed by atoms with van der Waals surface area (Å²) in [5, 5.41) is 3.49. The van der Waals surface area contributed by atoms with Crippen LogP contribution in [0.15, 0.2) is 0 Å². The van der Waals surface area contributed by atoms with Gasteiger partial charge in [-0.25, -0.2) is 0 Å². The van der Waals surface area contributed by atoms with Crippen molar-refractivity contribution in [2.24, 2.45) is 5.92 Å². The lowest BCUT2D eigenvalue weighted by molar-refractivity contribution is 0.464. The van der Waals surface area contributed by atoms with Gasteiger partial charge in [0.2, 0.25) is 0 Å². The molecule has 1 atom stereocenters. The molecule has 1 aliphatic heterocycles. The van der Waals surface area contributed by atoms with Crippen LogP contribution < -0.4 is 5.32 Å². The van der Waals surface area contributed by atoms with Crippen molar-refractivity contribution in [1.29, 1.82) is 0 Å². The van der Waals surface area contributed by atoms with Crippen LogP contribution in [0.5, 0.6) is 0 Å². The Bertz CT molecular complexity index is 73.4. The fourth-order valence-corrected chi connectivity index (χ4v) is 1.53. The molecule has 1 fully saturated rings. The minimum Gasteiger partial charge on any atom is -0.314 e. The van der Waals surface area contributed by atoms with Gasteiger partial charge in [0.1, 0.15) is 0 Å². The summed E-state index contributed by atoms with van der Waals surface area (Å²) in [6, 6.07) is 0.838. The smallest absolute Gasteiger partial charge is 0.00699 e. The quantitative estimate of drug-likeness (QED) is 0.696. The van der Waals surface area contributed by atoms with Gasteiger partial charge in [0.15, 0.2) is 0 Å². The van der Waals surface area contributed by atoms with Crippen molar-refractivity contribution < 1.29 is 0 Å². The van der Waals surface area contributed by atoms with Crippen LogP contribution in [0.4, 0.5) is 0 Å². The summed E-state index contributed by atoms with van der Waals surface area (Å²) in [5.74, 6) is 0.862. The predicted molar refractivity (Wildman–Crippen MR) is 74.5 cm³/mol. The Kier molecular flexibility index (Phi) is 26.5. The molecule has 1 unspecified atom stereocenters. The molecule has 1 heteroatoms. The fourth-order valence-electron chi connectivity index (χ4n) is 1.53. The lowest BCUT2D eigenvalue weighted by Gasteiger charge is -2.11. The second-order valence-electron chi connectivity index (χ2n) is 3.42. The Labute approximate surface area is 99.0 Å². The van der Waals surface area contributed by atoms with E-state index in [1.807, 2.05) is 41.5 Å². The molecule has 0 saturated carbocycles. The Hall–Kier alpha value is -0.0400. The van der Waals surface area contributed by atoms with E-state index in [-0.39, 0.29) is 0 Å². The third-order valence-corrected chi connectivity index (χ3v) is 1.92. The number of hydrogen-bond donors (Lipinski definition) is 1. The zero-order valence-corrected chi connectivity index (χ0v) is 12.5. The van der Waals surface area contributed by atoms with Crippen LogP contribution in [0.1, 0.15) is 74.7 Å². The molecule has 1 aliphatic rings. The fraction of sp³-hybridized carbons (Fsp3) is 1.00. The first-order chi connectivity index (χ1) is 7.29. The second kappa shape index (κ2) is 19.5. The largest absolute Gasteiger partial charge is 0.314 e. The van der Waals surface area contributed by atoms with E-state index < -0.39 is 0 Å². The number of rotatable bonds is 2.